The van der Waals surface area contributed by atoms with Crippen LogP contribution in [0.5, 0.6) is 0 Å². The zero-order chi connectivity index (χ0) is 7.49. The highest BCUT2D eigenvalue weighted by atomic mass is 35.6. The van der Waals surface area contributed by atoms with Crippen LogP contribution in [-0.2, 0) is 4.43 Å². The third kappa shape index (κ3) is 4.90. The SMILES string of the molecule is CC[Si](C)(Cl)OC(C)N. The average Bonchev–Trinajstić information content (AvgIpc) is 1.63. The molecular formula is C5H14ClNOSi. The van der Waals surface area contributed by atoms with Gasteiger partial charge in [-0.15, -0.1) is 11.1 Å². The van der Waals surface area contributed by atoms with Gasteiger partial charge in [-0.05, 0) is 19.5 Å². The summed E-state index contributed by atoms with van der Waals surface area (Å²) in [5.41, 5.74) is 5.38. The Morgan fingerprint density at radius 2 is 2.22 bits per heavy atom. The van der Waals surface area contributed by atoms with Gasteiger partial charge in [-0.1, -0.05) is 6.92 Å². The summed E-state index contributed by atoms with van der Waals surface area (Å²) >= 11 is 5.95. The van der Waals surface area contributed by atoms with Crippen molar-refractivity contribution >= 4 is 18.7 Å². The van der Waals surface area contributed by atoms with Crippen molar-refractivity contribution in [2.24, 2.45) is 5.73 Å². The molecule has 2 unspecified atom stereocenters. The van der Waals surface area contributed by atoms with E-state index in [1.165, 1.54) is 0 Å². The highest BCUT2D eigenvalue weighted by Gasteiger charge is 2.24. The monoisotopic (exact) mass is 167 g/mol. The predicted octanol–water partition coefficient (Wildman–Crippen LogP) is 1.64. The molecule has 0 bridgehead atoms. The first-order valence-electron chi connectivity index (χ1n) is 3.10. The van der Waals surface area contributed by atoms with E-state index in [0.29, 0.717) is 0 Å². The van der Waals surface area contributed by atoms with Gasteiger partial charge in [0.2, 0.25) is 0 Å². The van der Waals surface area contributed by atoms with Crippen molar-refractivity contribution in [3.63, 3.8) is 0 Å². The maximum Gasteiger partial charge on any atom is 0.288 e. The molecule has 0 aromatic carbocycles. The second kappa shape index (κ2) is 3.56. The number of hydrogen-bond acceptors (Lipinski definition) is 2. The van der Waals surface area contributed by atoms with E-state index in [0.717, 1.165) is 6.04 Å². The molecule has 56 valence electrons. The highest BCUT2D eigenvalue weighted by molar-refractivity contribution is 7.16. The van der Waals surface area contributed by atoms with Gasteiger partial charge in [0, 0.05) is 0 Å². The highest BCUT2D eigenvalue weighted by Crippen LogP contribution is 2.16. The third-order valence-electron chi connectivity index (χ3n) is 1.06. The molecule has 0 rings (SSSR count). The Labute approximate surface area is 62.2 Å². The molecule has 0 heterocycles. The van der Waals surface area contributed by atoms with Crippen LogP contribution in [0.3, 0.4) is 0 Å². The number of halogens is 1. The van der Waals surface area contributed by atoms with Gasteiger partial charge in [0.05, 0.1) is 6.23 Å². The van der Waals surface area contributed by atoms with Gasteiger partial charge >= 0.3 is 0 Å². The fraction of sp³-hybridized carbons (Fsp3) is 1.00. The van der Waals surface area contributed by atoms with Crippen LogP contribution >= 0.6 is 11.1 Å². The molecule has 0 aliphatic heterocycles. The van der Waals surface area contributed by atoms with Crippen LogP contribution in [0.1, 0.15) is 13.8 Å². The second-order valence-electron chi connectivity index (χ2n) is 2.28. The zero-order valence-electron chi connectivity index (χ0n) is 6.15. The first-order valence-corrected chi connectivity index (χ1v) is 6.73. The lowest BCUT2D eigenvalue weighted by molar-refractivity contribution is 0.227. The maximum absolute atomic E-state index is 5.95. The Morgan fingerprint density at radius 3 is 2.33 bits per heavy atom. The Kier molecular flexibility index (Phi) is 3.73. The lowest BCUT2D eigenvalue weighted by atomic mass is 10.7. The van der Waals surface area contributed by atoms with Crippen LogP contribution in [-0.4, -0.2) is 13.9 Å². The summed E-state index contributed by atoms with van der Waals surface area (Å²) in [5, 5.41) is 0. The van der Waals surface area contributed by atoms with Crippen molar-refractivity contribution in [3.8, 4) is 0 Å². The van der Waals surface area contributed by atoms with Crippen LogP contribution in [0.15, 0.2) is 0 Å². The van der Waals surface area contributed by atoms with Crippen molar-refractivity contribution in [2.75, 3.05) is 0 Å². The Morgan fingerprint density at radius 1 is 1.78 bits per heavy atom. The summed E-state index contributed by atoms with van der Waals surface area (Å²) in [4.78, 5) is 0. The molecule has 9 heavy (non-hydrogen) atoms. The molecule has 0 aromatic rings. The molecule has 0 aliphatic rings. The van der Waals surface area contributed by atoms with Crippen LogP contribution in [0.4, 0.5) is 0 Å². The number of hydrogen-bond donors (Lipinski definition) is 1. The van der Waals surface area contributed by atoms with Crippen molar-refractivity contribution in [1.82, 2.24) is 0 Å². The largest absolute Gasteiger partial charge is 0.388 e. The summed E-state index contributed by atoms with van der Waals surface area (Å²) < 4.78 is 5.27. The third-order valence-corrected chi connectivity index (χ3v) is 4.26. The summed E-state index contributed by atoms with van der Waals surface area (Å²) in [5.74, 6) is 0. The first kappa shape index (κ1) is 9.43. The molecule has 2 nitrogen and oxygen atoms in total. The van der Waals surface area contributed by atoms with Crippen molar-refractivity contribution < 1.29 is 4.43 Å². The van der Waals surface area contributed by atoms with E-state index >= 15 is 0 Å². The molecule has 0 aromatic heterocycles. The molecule has 0 radical (unpaired) electrons. The maximum atomic E-state index is 5.95. The molecule has 4 heteroatoms. The van der Waals surface area contributed by atoms with E-state index in [2.05, 4.69) is 0 Å². The molecule has 0 saturated carbocycles. The predicted molar refractivity (Wildman–Crippen MR) is 42.7 cm³/mol. The van der Waals surface area contributed by atoms with E-state index in [1.807, 2.05) is 13.5 Å². The summed E-state index contributed by atoms with van der Waals surface area (Å²) in [6.45, 7) is 5.75. The van der Waals surface area contributed by atoms with Gasteiger partial charge < -0.3 is 10.2 Å². The van der Waals surface area contributed by atoms with Gasteiger partial charge in [0.1, 0.15) is 0 Å². The Bertz CT molecular complexity index is 87.0. The van der Waals surface area contributed by atoms with Gasteiger partial charge in [-0.25, -0.2) is 0 Å². The Balaban J connectivity index is 3.58. The molecule has 2 N–H and O–H groups in total. The Hall–Kier alpha value is 0.427. The normalized spacial score (nSPS) is 21.0. The molecule has 0 saturated heterocycles. The van der Waals surface area contributed by atoms with E-state index in [1.54, 1.807) is 6.92 Å². The van der Waals surface area contributed by atoms with E-state index in [-0.39, 0.29) is 6.23 Å². The lowest BCUT2D eigenvalue weighted by Gasteiger charge is -2.20. The van der Waals surface area contributed by atoms with Crippen LogP contribution in [0, 0.1) is 0 Å². The topological polar surface area (TPSA) is 35.2 Å². The molecule has 0 aliphatic carbocycles. The smallest absolute Gasteiger partial charge is 0.288 e. The van der Waals surface area contributed by atoms with E-state index in [4.69, 9.17) is 21.2 Å². The van der Waals surface area contributed by atoms with Crippen LogP contribution in [0.25, 0.3) is 0 Å². The molecular weight excluding hydrogens is 154 g/mol. The van der Waals surface area contributed by atoms with Crippen LogP contribution < -0.4 is 5.73 Å². The van der Waals surface area contributed by atoms with Gasteiger partial charge in [-0.2, -0.15) is 0 Å². The van der Waals surface area contributed by atoms with Crippen LogP contribution in [0.2, 0.25) is 12.6 Å². The minimum absolute atomic E-state index is 0.223. The zero-order valence-corrected chi connectivity index (χ0v) is 7.90. The second-order valence-corrected chi connectivity index (χ2v) is 7.82. The molecule has 0 amide bonds. The standard InChI is InChI=1S/C5H14ClNOSi/c1-4-9(3,6)8-5(2)7/h5H,4,7H2,1-3H3. The van der Waals surface area contributed by atoms with Crippen molar-refractivity contribution in [1.29, 1.82) is 0 Å². The first-order chi connectivity index (χ1) is 3.98. The van der Waals surface area contributed by atoms with Gasteiger partial charge in [0.25, 0.3) is 7.63 Å². The average molecular weight is 168 g/mol. The molecule has 0 fully saturated rings. The molecule has 0 spiro atoms. The minimum atomic E-state index is -1.89. The molecule has 2 atom stereocenters. The fourth-order valence-corrected chi connectivity index (χ4v) is 1.83. The minimum Gasteiger partial charge on any atom is -0.388 e. The van der Waals surface area contributed by atoms with Gasteiger partial charge in [0.15, 0.2) is 0 Å². The van der Waals surface area contributed by atoms with Crippen molar-refractivity contribution in [2.45, 2.75) is 32.7 Å². The van der Waals surface area contributed by atoms with Crippen molar-refractivity contribution in [3.05, 3.63) is 0 Å². The summed E-state index contributed by atoms with van der Waals surface area (Å²) in [6, 6.07) is 0.899. The van der Waals surface area contributed by atoms with E-state index in [9.17, 15) is 0 Å². The number of rotatable bonds is 3. The summed E-state index contributed by atoms with van der Waals surface area (Å²) in [7, 11) is -1.89. The number of nitrogens with two attached hydrogens (primary N) is 1. The lowest BCUT2D eigenvalue weighted by Crippen LogP contribution is -2.35. The fourth-order valence-electron chi connectivity index (χ4n) is 0.471. The quantitative estimate of drug-likeness (QED) is 0.394. The van der Waals surface area contributed by atoms with E-state index < -0.39 is 7.63 Å². The van der Waals surface area contributed by atoms with Gasteiger partial charge in [-0.3, -0.25) is 0 Å². The summed E-state index contributed by atoms with van der Waals surface area (Å²) in [6.07, 6.45) is -0.223.